The van der Waals surface area contributed by atoms with E-state index in [0.717, 1.165) is 5.56 Å². The van der Waals surface area contributed by atoms with Gasteiger partial charge in [0, 0.05) is 17.0 Å². The van der Waals surface area contributed by atoms with Crippen LogP contribution in [-0.2, 0) is 16.0 Å². The van der Waals surface area contributed by atoms with Crippen molar-refractivity contribution < 1.29 is 14.0 Å². The molecule has 4 nitrogen and oxygen atoms in total. The topological polar surface area (TPSA) is 58.2 Å². The van der Waals surface area contributed by atoms with Crippen LogP contribution in [0, 0.1) is 18.2 Å². The van der Waals surface area contributed by atoms with E-state index in [1.807, 2.05) is 0 Å². The summed E-state index contributed by atoms with van der Waals surface area (Å²) >= 11 is 1.43. The van der Waals surface area contributed by atoms with Crippen LogP contribution in [-0.4, -0.2) is 28.9 Å². The second-order valence-electron chi connectivity index (χ2n) is 5.93. The molecule has 6 heteroatoms. The average molecular weight is 368 g/mol. The number of hydrogen-bond acceptors (Lipinski definition) is 3. The Kier molecular flexibility index (Phi) is 5.59. The lowest BCUT2D eigenvalue weighted by Gasteiger charge is -2.28. The van der Waals surface area contributed by atoms with E-state index in [4.69, 9.17) is 6.42 Å². The summed E-state index contributed by atoms with van der Waals surface area (Å²) in [7, 11) is 0. The molecule has 2 aromatic rings. The lowest BCUT2D eigenvalue weighted by atomic mass is 10.1. The van der Waals surface area contributed by atoms with Crippen molar-refractivity contribution in [2.24, 2.45) is 0 Å². The summed E-state index contributed by atoms with van der Waals surface area (Å²) < 4.78 is 13.0. The quantitative estimate of drug-likeness (QED) is 0.816. The summed E-state index contributed by atoms with van der Waals surface area (Å²) in [6.07, 6.45) is 5.85. The molecule has 2 N–H and O–H groups in total. The number of benzene rings is 2. The lowest BCUT2D eigenvalue weighted by molar-refractivity contribution is -0.126. The predicted octanol–water partition coefficient (Wildman–Crippen LogP) is 2.59. The number of anilines is 1. The first-order valence-corrected chi connectivity index (χ1v) is 9.14. The number of terminal acetylenes is 1. The summed E-state index contributed by atoms with van der Waals surface area (Å²) in [5.41, 5.74) is 2.15. The smallest absolute Gasteiger partial charge is 0.247 e. The second kappa shape index (κ2) is 8.07. The highest BCUT2D eigenvalue weighted by Gasteiger charge is 2.32. The molecular weight excluding hydrogens is 351 g/mol. The average Bonchev–Trinajstić information content (AvgIpc) is 2.65. The van der Waals surface area contributed by atoms with E-state index >= 15 is 0 Å². The maximum Gasteiger partial charge on any atom is 0.247 e. The van der Waals surface area contributed by atoms with E-state index in [-0.39, 0.29) is 22.9 Å². The zero-order valence-electron chi connectivity index (χ0n) is 13.9. The standard InChI is InChI=1S/C20H17FN2O2S/c1-2-13-4-3-5-16(10-13)22-19(24)17-12-26-18(20(25)23-17)11-14-6-8-15(21)9-7-14/h1,3-10,17-18H,11-12H2,(H,22,24)(H,23,25)/t17-,18+/m0/s1. The minimum Gasteiger partial charge on any atom is -0.343 e. The molecule has 2 amide bonds. The molecule has 132 valence electrons. The minimum absolute atomic E-state index is 0.192. The van der Waals surface area contributed by atoms with Crippen LogP contribution in [0.1, 0.15) is 11.1 Å². The Hall–Kier alpha value is -2.78. The summed E-state index contributed by atoms with van der Waals surface area (Å²) in [6, 6.07) is 12.5. The molecule has 0 unspecified atom stereocenters. The third-order valence-corrected chi connectivity index (χ3v) is 5.33. The number of carbonyl (C=O) groups is 2. The molecule has 1 heterocycles. The van der Waals surface area contributed by atoms with Crippen LogP contribution in [0.3, 0.4) is 0 Å². The third kappa shape index (κ3) is 4.44. The van der Waals surface area contributed by atoms with Crippen LogP contribution in [0.2, 0.25) is 0 Å². The second-order valence-corrected chi connectivity index (χ2v) is 7.16. The van der Waals surface area contributed by atoms with Crippen molar-refractivity contribution in [1.29, 1.82) is 0 Å². The molecule has 2 atom stereocenters. The van der Waals surface area contributed by atoms with Gasteiger partial charge in [0.25, 0.3) is 0 Å². The van der Waals surface area contributed by atoms with Crippen molar-refractivity contribution in [3.05, 3.63) is 65.5 Å². The van der Waals surface area contributed by atoms with E-state index in [0.29, 0.717) is 23.4 Å². The summed E-state index contributed by atoms with van der Waals surface area (Å²) in [5, 5.41) is 5.24. The van der Waals surface area contributed by atoms with Gasteiger partial charge in [-0.2, -0.15) is 0 Å². The van der Waals surface area contributed by atoms with Gasteiger partial charge in [-0.05, 0) is 42.3 Å². The van der Waals surface area contributed by atoms with Crippen LogP contribution in [0.5, 0.6) is 0 Å². The number of hydrogen-bond donors (Lipinski definition) is 2. The Labute approximate surface area is 155 Å². The van der Waals surface area contributed by atoms with Gasteiger partial charge in [-0.25, -0.2) is 4.39 Å². The van der Waals surface area contributed by atoms with E-state index in [1.165, 1.54) is 23.9 Å². The molecule has 2 aromatic carbocycles. The Morgan fingerprint density at radius 2 is 2.08 bits per heavy atom. The minimum atomic E-state index is -0.605. The zero-order chi connectivity index (χ0) is 18.5. The van der Waals surface area contributed by atoms with E-state index in [2.05, 4.69) is 16.6 Å². The van der Waals surface area contributed by atoms with Gasteiger partial charge >= 0.3 is 0 Å². The van der Waals surface area contributed by atoms with Crippen LogP contribution < -0.4 is 10.6 Å². The first-order chi connectivity index (χ1) is 12.5. The molecule has 0 saturated carbocycles. The number of thioether (sulfide) groups is 1. The van der Waals surface area contributed by atoms with Crippen molar-refractivity contribution in [2.75, 3.05) is 11.1 Å². The van der Waals surface area contributed by atoms with Crippen LogP contribution >= 0.6 is 11.8 Å². The van der Waals surface area contributed by atoms with Gasteiger partial charge in [-0.3, -0.25) is 9.59 Å². The van der Waals surface area contributed by atoms with Crippen molar-refractivity contribution in [3.8, 4) is 12.3 Å². The maximum absolute atomic E-state index is 13.0. The molecule has 0 bridgehead atoms. The molecule has 1 fully saturated rings. The molecule has 1 saturated heterocycles. The van der Waals surface area contributed by atoms with Gasteiger partial charge in [-0.15, -0.1) is 18.2 Å². The SMILES string of the molecule is C#Cc1cccc(NC(=O)[C@@H]2CS[C@H](Cc3ccc(F)cc3)C(=O)N2)c1. The Balaban J connectivity index is 1.57. The fourth-order valence-electron chi connectivity index (χ4n) is 2.64. The summed E-state index contributed by atoms with van der Waals surface area (Å²) in [6.45, 7) is 0. The van der Waals surface area contributed by atoms with Gasteiger partial charge < -0.3 is 10.6 Å². The largest absolute Gasteiger partial charge is 0.343 e. The van der Waals surface area contributed by atoms with Crippen LogP contribution in [0.25, 0.3) is 0 Å². The van der Waals surface area contributed by atoms with Gasteiger partial charge in [0.1, 0.15) is 11.9 Å². The third-order valence-electron chi connectivity index (χ3n) is 4.02. The van der Waals surface area contributed by atoms with E-state index < -0.39 is 6.04 Å². The van der Waals surface area contributed by atoms with Crippen molar-refractivity contribution >= 4 is 29.3 Å². The number of amides is 2. The van der Waals surface area contributed by atoms with Gasteiger partial charge in [0.2, 0.25) is 11.8 Å². The molecule has 1 aliphatic heterocycles. The Morgan fingerprint density at radius 1 is 1.31 bits per heavy atom. The highest BCUT2D eigenvalue weighted by Crippen LogP contribution is 2.23. The maximum atomic E-state index is 13.0. The predicted molar refractivity (Wildman–Crippen MR) is 101 cm³/mol. The lowest BCUT2D eigenvalue weighted by Crippen LogP contribution is -2.52. The van der Waals surface area contributed by atoms with Crippen molar-refractivity contribution in [2.45, 2.75) is 17.7 Å². The molecule has 0 spiro atoms. The monoisotopic (exact) mass is 368 g/mol. The molecule has 0 aliphatic carbocycles. The Bertz CT molecular complexity index is 861. The number of halogens is 1. The molecule has 0 radical (unpaired) electrons. The summed E-state index contributed by atoms with van der Waals surface area (Å²) in [5.74, 6) is 2.21. The highest BCUT2D eigenvalue weighted by atomic mass is 32.2. The van der Waals surface area contributed by atoms with E-state index in [9.17, 15) is 14.0 Å². The molecular formula is C20H17FN2O2S. The van der Waals surface area contributed by atoms with Gasteiger partial charge in [0.05, 0.1) is 5.25 Å². The van der Waals surface area contributed by atoms with Crippen LogP contribution in [0.4, 0.5) is 10.1 Å². The molecule has 1 aliphatic rings. The summed E-state index contributed by atoms with van der Waals surface area (Å²) in [4.78, 5) is 24.7. The molecule has 0 aromatic heterocycles. The first kappa shape index (κ1) is 18.0. The zero-order valence-corrected chi connectivity index (χ0v) is 14.7. The van der Waals surface area contributed by atoms with E-state index in [1.54, 1.807) is 36.4 Å². The number of nitrogens with one attached hydrogen (secondary N) is 2. The van der Waals surface area contributed by atoms with Gasteiger partial charge in [-0.1, -0.05) is 24.1 Å². The number of rotatable bonds is 4. The molecule has 26 heavy (non-hydrogen) atoms. The van der Waals surface area contributed by atoms with Gasteiger partial charge in [0.15, 0.2) is 0 Å². The van der Waals surface area contributed by atoms with Crippen molar-refractivity contribution in [3.63, 3.8) is 0 Å². The molecule has 3 rings (SSSR count). The highest BCUT2D eigenvalue weighted by molar-refractivity contribution is 8.00. The fourth-order valence-corrected chi connectivity index (χ4v) is 3.83. The Morgan fingerprint density at radius 3 is 2.77 bits per heavy atom. The fraction of sp³-hybridized carbons (Fsp3) is 0.200. The number of carbonyl (C=O) groups excluding carboxylic acids is 2. The van der Waals surface area contributed by atoms with Crippen LogP contribution in [0.15, 0.2) is 48.5 Å². The normalized spacial score (nSPS) is 19.3. The van der Waals surface area contributed by atoms with Crippen molar-refractivity contribution in [1.82, 2.24) is 5.32 Å². The first-order valence-electron chi connectivity index (χ1n) is 8.09.